The first-order valence-corrected chi connectivity index (χ1v) is 4.47. The summed E-state index contributed by atoms with van der Waals surface area (Å²) in [6, 6.07) is 1.00. The number of halogens is 3. The first kappa shape index (κ1) is 13.1. The molecule has 94 valence electrons. The summed E-state index contributed by atoms with van der Waals surface area (Å²) >= 11 is 0. The van der Waals surface area contributed by atoms with Crippen LogP contribution in [0.3, 0.4) is 0 Å². The molecule has 0 spiro atoms. The lowest BCUT2D eigenvalue weighted by atomic mass is 10.2. The average molecular weight is 249 g/mol. The summed E-state index contributed by atoms with van der Waals surface area (Å²) in [4.78, 5) is 15.2. The third-order valence-electron chi connectivity index (χ3n) is 1.96. The summed E-state index contributed by atoms with van der Waals surface area (Å²) in [5.74, 6) is -1.42. The van der Waals surface area contributed by atoms with Gasteiger partial charge in [0.2, 0.25) is 0 Å². The molecule has 0 atom stereocenters. The highest BCUT2D eigenvalue weighted by Gasteiger charge is 2.30. The fourth-order valence-electron chi connectivity index (χ4n) is 1.20. The van der Waals surface area contributed by atoms with Gasteiger partial charge in [0.15, 0.2) is 0 Å². The molecule has 5 nitrogen and oxygen atoms in total. The highest BCUT2D eigenvalue weighted by molar-refractivity contribution is 5.94. The molecule has 0 fully saturated rings. The molecule has 0 unspecified atom stereocenters. The van der Waals surface area contributed by atoms with Crippen LogP contribution in [0.15, 0.2) is 12.3 Å². The van der Waals surface area contributed by atoms with E-state index in [2.05, 4.69) is 4.98 Å². The Bertz CT molecular complexity index is 434. The predicted molar refractivity (Wildman–Crippen MR) is 54.9 cm³/mol. The van der Waals surface area contributed by atoms with E-state index in [0.717, 1.165) is 24.2 Å². The molecule has 0 bridgehead atoms. The van der Waals surface area contributed by atoms with Gasteiger partial charge in [-0.2, -0.15) is 13.2 Å². The normalized spacial score (nSPS) is 11.3. The second kappa shape index (κ2) is 4.48. The van der Waals surface area contributed by atoms with Crippen LogP contribution in [0.2, 0.25) is 0 Å². The van der Waals surface area contributed by atoms with Gasteiger partial charge < -0.3 is 15.7 Å². The number of carbonyl (C=O) groups is 1. The van der Waals surface area contributed by atoms with Crippen LogP contribution in [0, 0.1) is 0 Å². The van der Waals surface area contributed by atoms with E-state index in [1.165, 1.54) is 0 Å². The Kier molecular flexibility index (Phi) is 3.45. The molecule has 1 aromatic heterocycles. The number of nitrogens with two attached hydrogens (primary N) is 1. The number of aromatic nitrogens is 1. The van der Waals surface area contributed by atoms with Crippen molar-refractivity contribution in [3.63, 3.8) is 0 Å². The van der Waals surface area contributed by atoms with Crippen LogP contribution in [0.5, 0.6) is 0 Å². The third-order valence-corrected chi connectivity index (χ3v) is 1.96. The highest BCUT2D eigenvalue weighted by Crippen LogP contribution is 2.21. The van der Waals surface area contributed by atoms with Crippen molar-refractivity contribution in [3.05, 3.63) is 17.8 Å². The summed E-state index contributed by atoms with van der Waals surface area (Å²) in [5.41, 5.74) is 4.96. The predicted octanol–water partition coefficient (Wildman–Crippen LogP) is 1.36. The Labute approximate surface area is 94.7 Å². The third kappa shape index (κ3) is 3.51. The molecule has 0 aliphatic carbocycles. The largest absolute Gasteiger partial charge is 0.478 e. The van der Waals surface area contributed by atoms with Gasteiger partial charge in [-0.05, 0) is 6.07 Å². The number of nitrogens with zero attached hydrogens (tertiary/aromatic N) is 2. The fraction of sp³-hybridized carbons (Fsp3) is 0.333. The molecule has 8 heteroatoms. The maximum atomic E-state index is 12.1. The van der Waals surface area contributed by atoms with E-state index in [9.17, 15) is 18.0 Å². The Morgan fingerprint density at radius 1 is 1.59 bits per heavy atom. The summed E-state index contributed by atoms with van der Waals surface area (Å²) < 4.78 is 36.4. The van der Waals surface area contributed by atoms with Crippen molar-refractivity contribution in [3.8, 4) is 0 Å². The van der Waals surface area contributed by atoms with Gasteiger partial charge in [-0.3, -0.25) is 0 Å². The lowest BCUT2D eigenvalue weighted by Crippen LogP contribution is -2.31. The Hall–Kier alpha value is -1.99. The molecule has 0 aromatic carbocycles. The molecule has 3 N–H and O–H groups in total. The Morgan fingerprint density at radius 3 is 2.65 bits per heavy atom. The molecule has 0 amide bonds. The Morgan fingerprint density at radius 2 is 2.18 bits per heavy atom. The minimum Gasteiger partial charge on any atom is -0.478 e. The number of aromatic carboxylic acids is 1. The summed E-state index contributed by atoms with van der Waals surface area (Å²) in [7, 11) is 1.16. The van der Waals surface area contributed by atoms with Crippen LogP contribution in [-0.4, -0.2) is 35.8 Å². The van der Waals surface area contributed by atoms with E-state index in [-0.39, 0.29) is 17.1 Å². The summed E-state index contributed by atoms with van der Waals surface area (Å²) in [6.07, 6.45) is -3.37. The lowest BCUT2D eigenvalue weighted by Gasteiger charge is -2.20. The molecule has 0 saturated heterocycles. The maximum Gasteiger partial charge on any atom is 0.405 e. The zero-order valence-corrected chi connectivity index (χ0v) is 8.82. The van der Waals surface area contributed by atoms with Crippen molar-refractivity contribution >= 4 is 17.5 Å². The summed E-state index contributed by atoms with van der Waals surface area (Å²) in [5, 5.41) is 8.76. The maximum absolute atomic E-state index is 12.1. The van der Waals surface area contributed by atoms with Crippen molar-refractivity contribution < 1.29 is 23.1 Å². The van der Waals surface area contributed by atoms with E-state index in [0.29, 0.717) is 0 Å². The number of alkyl halides is 3. The smallest absolute Gasteiger partial charge is 0.405 e. The van der Waals surface area contributed by atoms with Crippen LogP contribution >= 0.6 is 0 Å². The van der Waals surface area contributed by atoms with Gasteiger partial charge in [0, 0.05) is 7.05 Å². The minimum atomic E-state index is -4.39. The van der Waals surface area contributed by atoms with E-state index >= 15 is 0 Å². The number of carboxylic acid groups (broad SMARTS) is 1. The average Bonchev–Trinajstić information content (AvgIpc) is 2.14. The van der Waals surface area contributed by atoms with Gasteiger partial charge in [0.05, 0.1) is 17.4 Å². The highest BCUT2D eigenvalue weighted by atomic mass is 19.4. The van der Waals surface area contributed by atoms with Crippen molar-refractivity contribution in [2.24, 2.45) is 0 Å². The van der Waals surface area contributed by atoms with Crippen LogP contribution < -0.4 is 10.6 Å². The van der Waals surface area contributed by atoms with Crippen molar-refractivity contribution in [1.29, 1.82) is 0 Å². The van der Waals surface area contributed by atoms with Gasteiger partial charge >= 0.3 is 12.1 Å². The zero-order valence-electron chi connectivity index (χ0n) is 8.82. The first-order valence-electron chi connectivity index (χ1n) is 4.47. The second-order valence-corrected chi connectivity index (χ2v) is 3.41. The van der Waals surface area contributed by atoms with E-state index in [1.54, 1.807) is 0 Å². The van der Waals surface area contributed by atoms with Gasteiger partial charge in [-0.25, -0.2) is 9.78 Å². The number of rotatable bonds is 3. The van der Waals surface area contributed by atoms with Gasteiger partial charge in [0.1, 0.15) is 12.4 Å². The summed E-state index contributed by atoms with van der Waals surface area (Å²) in [6.45, 7) is -1.22. The molecule has 0 saturated carbocycles. The fourth-order valence-corrected chi connectivity index (χ4v) is 1.20. The lowest BCUT2D eigenvalue weighted by molar-refractivity contribution is -0.119. The number of hydrogen-bond acceptors (Lipinski definition) is 4. The molecule has 17 heavy (non-hydrogen) atoms. The molecular formula is C9H10F3N3O2. The molecular weight excluding hydrogens is 239 g/mol. The molecule has 0 aliphatic rings. The van der Waals surface area contributed by atoms with Crippen LogP contribution in [-0.2, 0) is 0 Å². The standard InChI is InChI=1S/C9H10F3N3O2/c1-15(4-9(10,11)12)7-2-5(8(16)17)6(13)3-14-7/h2-3H,4,13H2,1H3,(H,16,17). The second-order valence-electron chi connectivity index (χ2n) is 3.41. The van der Waals surface area contributed by atoms with Gasteiger partial charge in [-0.15, -0.1) is 0 Å². The van der Waals surface area contributed by atoms with Gasteiger partial charge in [0.25, 0.3) is 0 Å². The molecule has 1 rings (SSSR count). The number of nitrogen functional groups attached to an aromatic ring is 1. The molecule has 0 aliphatic heterocycles. The Balaban J connectivity index is 3.00. The van der Waals surface area contributed by atoms with Crippen LogP contribution in [0.1, 0.15) is 10.4 Å². The van der Waals surface area contributed by atoms with E-state index in [4.69, 9.17) is 10.8 Å². The first-order chi connectivity index (χ1) is 7.70. The molecule has 0 radical (unpaired) electrons. The number of pyridine rings is 1. The topological polar surface area (TPSA) is 79.5 Å². The van der Waals surface area contributed by atoms with Crippen molar-refractivity contribution in [2.75, 3.05) is 24.2 Å². The SMILES string of the molecule is CN(CC(F)(F)F)c1cc(C(=O)O)c(N)cn1. The quantitative estimate of drug-likeness (QED) is 0.845. The minimum absolute atomic E-state index is 0.0957. The zero-order chi connectivity index (χ0) is 13.2. The van der Waals surface area contributed by atoms with Crippen LogP contribution in [0.25, 0.3) is 0 Å². The van der Waals surface area contributed by atoms with Crippen LogP contribution in [0.4, 0.5) is 24.7 Å². The van der Waals surface area contributed by atoms with Crippen molar-refractivity contribution in [2.45, 2.75) is 6.18 Å². The van der Waals surface area contributed by atoms with Gasteiger partial charge in [-0.1, -0.05) is 0 Å². The van der Waals surface area contributed by atoms with E-state index in [1.807, 2.05) is 0 Å². The number of hydrogen-bond donors (Lipinski definition) is 2. The molecule has 1 aromatic rings. The number of anilines is 2. The monoisotopic (exact) mass is 249 g/mol. The van der Waals surface area contributed by atoms with E-state index < -0.39 is 18.7 Å². The number of carboxylic acids is 1. The van der Waals surface area contributed by atoms with Crippen molar-refractivity contribution in [1.82, 2.24) is 4.98 Å². The molecule has 1 heterocycles.